The van der Waals surface area contributed by atoms with E-state index in [-0.39, 0.29) is 5.91 Å². The molecule has 0 bridgehead atoms. The first kappa shape index (κ1) is 21.3. The van der Waals surface area contributed by atoms with E-state index in [1.54, 1.807) is 19.4 Å². The molecule has 3 aliphatic rings. The van der Waals surface area contributed by atoms with Crippen molar-refractivity contribution >= 4 is 45.6 Å². The number of carbonyl (C=O) groups is 1. The number of halogens is 1. The first-order valence-electron chi connectivity index (χ1n) is 10.7. The third kappa shape index (κ3) is 3.75. The quantitative estimate of drug-likeness (QED) is 0.677. The summed E-state index contributed by atoms with van der Waals surface area (Å²) in [6, 6.07) is 0. The molecule has 1 aliphatic carbocycles. The van der Waals surface area contributed by atoms with Crippen LogP contribution in [0.1, 0.15) is 37.2 Å². The second-order valence-electron chi connectivity index (χ2n) is 8.24. The molecule has 2 aromatic heterocycles. The van der Waals surface area contributed by atoms with Crippen LogP contribution in [0.25, 0.3) is 5.57 Å². The Morgan fingerprint density at radius 1 is 1.22 bits per heavy atom. The predicted octanol–water partition coefficient (Wildman–Crippen LogP) is 1.96. The van der Waals surface area contributed by atoms with Crippen molar-refractivity contribution in [1.29, 1.82) is 0 Å². The van der Waals surface area contributed by atoms with Crippen molar-refractivity contribution in [3.05, 3.63) is 35.0 Å². The minimum atomic E-state index is -1.16. The zero-order valence-electron chi connectivity index (χ0n) is 17.7. The molecule has 0 unspecified atom stereocenters. The van der Waals surface area contributed by atoms with Gasteiger partial charge in [0.25, 0.3) is 0 Å². The number of rotatable bonds is 5. The fraction of sp³-hybridized carbons (Fsp3) is 0.476. The molecule has 9 nitrogen and oxygen atoms in total. The number of aryl methyl sites for hydroxylation is 1. The van der Waals surface area contributed by atoms with Crippen molar-refractivity contribution in [3.8, 4) is 0 Å². The molecule has 2 aromatic rings. The van der Waals surface area contributed by atoms with Crippen molar-refractivity contribution in [2.24, 2.45) is 0 Å². The monoisotopic (exact) mass is 473 g/mol. The maximum Gasteiger partial charge on any atom is 0.245 e. The van der Waals surface area contributed by atoms with Crippen molar-refractivity contribution in [2.45, 2.75) is 42.5 Å². The van der Waals surface area contributed by atoms with Gasteiger partial charge >= 0.3 is 0 Å². The van der Waals surface area contributed by atoms with E-state index in [2.05, 4.69) is 31.6 Å². The summed E-state index contributed by atoms with van der Waals surface area (Å²) in [4.78, 5) is 33.4. The van der Waals surface area contributed by atoms with Gasteiger partial charge in [-0.1, -0.05) is 17.7 Å². The Labute approximate surface area is 193 Å². The zero-order chi connectivity index (χ0) is 22.3. The Balaban J connectivity index is 1.43. The Hall–Kier alpha value is -2.59. The van der Waals surface area contributed by atoms with Gasteiger partial charge in [-0.15, -0.1) is 0 Å². The van der Waals surface area contributed by atoms with Crippen LogP contribution in [0, 0.1) is 0 Å². The fourth-order valence-corrected chi connectivity index (χ4v) is 5.75. The highest BCUT2D eigenvalue weighted by molar-refractivity contribution is 7.85. The first-order valence-corrected chi connectivity index (χ1v) is 12.4. The summed E-state index contributed by atoms with van der Waals surface area (Å²) in [5, 5.41) is 6.62. The highest BCUT2D eigenvalue weighted by Crippen LogP contribution is 2.39. The minimum Gasteiger partial charge on any atom is -0.357 e. The van der Waals surface area contributed by atoms with Gasteiger partial charge in [0.05, 0.1) is 21.5 Å². The second-order valence-corrected chi connectivity index (χ2v) is 10.2. The van der Waals surface area contributed by atoms with Crippen molar-refractivity contribution in [1.82, 2.24) is 25.3 Å². The summed E-state index contributed by atoms with van der Waals surface area (Å²) in [5.41, 5.74) is 1.17. The van der Waals surface area contributed by atoms with Gasteiger partial charge in [0, 0.05) is 44.7 Å². The third-order valence-corrected chi connectivity index (χ3v) is 7.96. The summed E-state index contributed by atoms with van der Waals surface area (Å²) < 4.78 is 12.7. The van der Waals surface area contributed by atoms with Gasteiger partial charge in [-0.05, 0) is 31.3 Å². The molecule has 2 aliphatic heterocycles. The van der Waals surface area contributed by atoms with E-state index in [1.165, 1.54) is 0 Å². The number of hydrogen-bond acceptors (Lipinski definition) is 8. The van der Waals surface area contributed by atoms with Crippen molar-refractivity contribution in [2.75, 3.05) is 36.1 Å². The van der Waals surface area contributed by atoms with Crippen molar-refractivity contribution < 1.29 is 9.00 Å². The normalized spacial score (nSPS) is 21.4. The Morgan fingerprint density at radius 2 is 2.00 bits per heavy atom. The molecule has 2 N–H and O–H groups in total. The molecule has 32 heavy (non-hydrogen) atoms. The van der Waals surface area contributed by atoms with E-state index >= 15 is 0 Å². The van der Waals surface area contributed by atoms with Gasteiger partial charge < -0.3 is 15.5 Å². The number of nitrogens with zero attached hydrogens (tertiary/aromatic N) is 5. The van der Waals surface area contributed by atoms with E-state index in [4.69, 9.17) is 21.6 Å². The number of amides is 1. The highest BCUT2D eigenvalue weighted by Gasteiger charge is 2.45. The number of aromatic nitrogens is 4. The van der Waals surface area contributed by atoms with Crippen LogP contribution in [0.2, 0.25) is 5.02 Å². The van der Waals surface area contributed by atoms with E-state index in [1.807, 2.05) is 0 Å². The maximum absolute atomic E-state index is 12.7. The van der Waals surface area contributed by atoms with E-state index in [9.17, 15) is 9.00 Å². The molecule has 0 radical (unpaired) electrons. The minimum absolute atomic E-state index is 0.0602. The number of carbonyl (C=O) groups excluding carboxylic acids is 1. The number of fused-ring (bicyclic) bond motifs is 1. The van der Waals surface area contributed by atoms with Gasteiger partial charge in [-0.3, -0.25) is 9.00 Å². The van der Waals surface area contributed by atoms with Crippen LogP contribution in [0.3, 0.4) is 0 Å². The van der Waals surface area contributed by atoms with E-state index in [0.717, 1.165) is 37.0 Å². The fourth-order valence-electron chi connectivity index (χ4n) is 4.35. The SMILES string of the molecule is CNC(=O)C1(Nc2nc(N3CC=C(c4ncc(Cl)cn4)CC3)nc3c2[S@](=O)CC3)CCC1. The number of nitrogens with one attached hydrogen (secondary N) is 2. The average molecular weight is 474 g/mol. The van der Waals surface area contributed by atoms with Crippen LogP contribution in [0.5, 0.6) is 0 Å². The lowest BCUT2D eigenvalue weighted by atomic mass is 9.76. The van der Waals surface area contributed by atoms with Gasteiger partial charge in [0.1, 0.15) is 16.3 Å². The van der Waals surface area contributed by atoms with E-state index in [0.29, 0.717) is 52.8 Å². The Kier molecular flexibility index (Phi) is 5.58. The average Bonchev–Trinajstić information content (AvgIpc) is 3.17. The van der Waals surface area contributed by atoms with Gasteiger partial charge in [0.2, 0.25) is 11.9 Å². The van der Waals surface area contributed by atoms with Gasteiger partial charge in [0.15, 0.2) is 5.82 Å². The number of anilines is 2. The van der Waals surface area contributed by atoms with Crippen LogP contribution in [-0.2, 0) is 22.0 Å². The standard InChI is InChI=1S/C21H24ClN7O2S/c1-23-19(30)21(6-2-7-21)28-18-16-15(5-10-32(16)31)26-20(27-18)29-8-3-13(4-9-29)17-24-11-14(22)12-25-17/h3,11-12H,2,4-10H2,1H3,(H,23,30)(H,26,27,28)/t32-/m1/s1. The Bertz CT molecular complexity index is 1120. The second kappa shape index (κ2) is 8.40. The zero-order valence-corrected chi connectivity index (χ0v) is 19.3. The number of hydrogen-bond donors (Lipinski definition) is 2. The summed E-state index contributed by atoms with van der Waals surface area (Å²) in [6.45, 7) is 1.32. The topological polar surface area (TPSA) is 113 Å². The molecular formula is C21H24ClN7O2S. The van der Waals surface area contributed by atoms with Crippen LogP contribution < -0.4 is 15.5 Å². The molecule has 0 saturated heterocycles. The molecule has 1 amide bonds. The molecule has 0 spiro atoms. The van der Waals surface area contributed by atoms with Crippen molar-refractivity contribution in [3.63, 3.8) is 0 Å². The number of likely N-dealkylation sites (N-methyl/N-ethyl adjacent to an activating group) is 1. The smallest absolute Gasteiger partial charge is 0.245 e. The van der Waals surface area contributed by atoms with Gasteiger partial charge in [-0.25, -0.2) is 15.0 Å². The van der Waals surface area contributed by atoms with Crippen LogP contribution in [0.4, 0.5) is 11.8 Å². The lowest BCUT2D eigenvalue weighted by Crippen LogP contribution is -2.56. The van der Waals surface area contributed by atoms with Crippen LogP contribution in [-0.4, -0.2) is 61.5 Å². The summed E-state index contributed by atoms with van der Waals surface area (Å²) >= 11 is 5.89. The summed E-state index contributed by atoms with van der Waals surface area (Å²) in [5.74, 6) is 2.27. The summed E-state index contributed by atoms with van der Waals surface area (Å²) in [7, 11) is 0.479. The lowest BCUT2D eigenvalue weighted by molar-refractivity contribution is -0.127. The molecule has 1 atom stereocenters. The van der Waals surface area contributed by atoms with Crippen LogP contribution in [0.15, 0.2) is 23.4 Å². The lowest BCUT2D eigenvalue weighted by Gasteiger charge is -2.41. The predicted molar refractivity (Wildman–Crippen MR) is 123 cm³/mol. The van der Waals surface area contributed by atoms with Crippen LogP contribution >= 0.6 is 11.6 Å². The molecular weight excluding hydrogens is 450 g/mol. The molecule has 168 valence electrons. The first-order chi connectivity index (χ1) is 15.5. The third-order valence-electron chi connectivity index (χ3n) is 6.30. The molecule has 4 heterocycles. The van der Waals surface area contributed by atoms with Gasteiger partial charge in [-0.2, -0.15) is 4.98 Å². The molecule has 5 rings (SSSR count). The molecule has 0 aromatic carbocycles. The molecule has 1 fully saturated rings. The highest BCUT2D eigenvalue weighted by atomic mass is 35.5. The largest absolute Gasteiger partial charge is 0.357 e. The molecule has 1 saturated carbocycles. The Morgan fingerprint density at radius 3 is 2.62 bits per heavy atom. The molecule has 11 heteroatoms. The summed E-state index contributed by atoms with van der Waals surface area (Å²) in [6.07, 6.45) is 9.09. The maximum atomic E-state index is 12.7. The van der Waals surface area contributed by atoms with E-state index < -0.39 is 16.3 Å².